The Kier molecular flexibility index (Phi) is 10.3. The van der Waals surface area contributed by atoms with Gasteiger partial charge in [-0.15, -0.1) is 0 Å². The first kappa shape index (κ1) is 36.3. The van der Waals surface area contributed by atoms with Crippen molar-refractivity contribution >= 4 is 23.9 Å². The molecule has 49 heavy (non-hydrogen) atoms. The maximum atomic E-state index is 13.7. The monoisotopic (exact) mass is 680 g/mol. The Morgan fingerprint density at radius 2 is 0.878 bits per heavy atom. The van der Waals surface area contributed by atoms with Gasteiger partial charge in [-0.3, -0.25) is 19.2 Å². The van der Waals surface area contributed by atoms with Crippen molar-refractivity contribution in [3.05, 3.63) is 142 Å². The van der Waals surface area contributed by atoms with Crippen LogP contribution in [0.3, 0.4) is 0 Å². The van der Waals surface area contributed by atoms with Gasteiger partial charge in [0.25, 0.3) is 0 Å². The molecule has 0 unspecified atom stereocenters. The minimum absolute atomic E-state index is 0. The van der Waals surface area contributed by atoms with Gasteiger partial charge in [-0.25, -0.2) is 17.6 Å². The van der Waals surface area contributed by atoms with Crippen LogP contribution in [-0.4, -0.2) is 44.3 Å². The molecule has 0 radical (unpaired) electrons. The highest BCUT2D eigenvalue weighted by molar-refractivity contribution is 5.90. The van der Waals surface area contributed by atoms with E-state index in [0.717, 1.165) is 36.4 Å². The minimum atomic E-state index is -1.60. The van der Waals surface area contributed by atoms with Crippen molar-refractivity contribution in [1.82, 2.24) is 0 Å². The van der Waals surface area contributed by atoms with Gasteiger partial charge in [-0.05, 0) is 108 Å². The molecule has 0 fully saturated rings. The van der Waals surface area contributed by atoms with Gasteiger partial charge >= 0.3 is 23.9 Å². The molecular weight excluding hydrogens is 648 g/mol. The zero-order valence-electron chi connectivity index (χ0n) is 25.0. The van der Waals surface area contributed by atoms with E-state index in [4.69, 9.17) is 0 Å². The number of hydrogen-bond donors (Lipinski definition) is 4. The van der Waals surface area contributed by atoms with Crippen molar-refractivity contribution in [2.75, 3.05) is 0 Å². The zero-order chi connectivity index (χ0) is 35.0. The maximum absolute atomic E-state index is 13.7. The summed E-state index contributed by atoms with van der Waals surface area (Å²) in [5, 5.41) is 38.6. The van der Waals surface area contributed by atoms with Gasteiger partial charge in [0.05, 0.1) is 11.8 Å². The van der Waals surface area contributed by atoms with E-state index in [-0.39, 0.29) is 66.5 Å². The van der Waals surface area contributed by atoms with E-state index in [1.165, 1.54) is 48.5 Å². The van der Waals surface area contributed by atoms with E-state index in [2.05, 4.69) is 0 Å². The molecule has 0 spiro atoms. The van der Waals surface area contributed by atoms with Crippen LogP contribution in [0, 0.1) is 23.3 Å². The largest absolute Gasteiger partial charge is 0.481 e. The van der Waals surface area contributed by atoms with Crippen LogP contribution in [-0.2, 0) is 30.0 Å². The second kappa shape index (κ2) is 13.9. The molecule has 4 aromatic rings. The number of benzene rings is 4. The number of carboxylic acids is 4. The lowest BCUT2D eigenvalue weighted by Crippen LogP contribution is -2.42. The predicted octanol–water partition coefficient (Wildman–Crippen LogP) is 7.23. The molecule has 0 bridgehead atoms. The van der Waals surface area contributed by atoms with Gasteiger partial charge in [0.2, 0.25) is 0 Å². The highest BCUT2D eigenvalue weighted by atomic mass is 19.1. The molecule has 8 nitrogen and oxygen atoms in total. The van der Waals surface area contributed by atoms with Crippen molar-refractivity contribution in [3.8, 4) is 0 Å². The molecule has 12 heteroatoms. The van der Waals surface area contributed by atoms with Gasteiger partial charge in [0, 0.05) is 0 Å². The molecule has 0 heterocycles. The zero-order valence-corrected chi connectivity index (χ0v) is 25.0. The first-order valence-corrected chi connectivity index (χ1v) is 14.8. The lowest BCUT2D eigenvalue weighted by molar-refractivity contribution is -0.145. The van der Waals surface area contributed by atoms with E-state index >= 15 is 0 Å². The van der Waals surface area contributed by atoms with Crippen LogP contribution in [0.25, 0.3) is 0 Å². The summed E-state index contributed by atoms with van der Waals surface area (Å²) in [5.41, 5.74) is -2.13. The van der Waals surface area contributed by atoms with Gasteiger partial charge in [0.15, 0.2) is 0 Å². The van der Waals surface area contributed by atoms with E-state index in [0.29, 0.717) is 0 Å². The molecule has 2 aliphatic rings. The van der Waals surface area contributed by atoms with Crippen molar-refractivity contribution in [2.24, 2.45) is 0 Å². The van der Waals surface area contributed by atoms with E-state index < -0.39 is 69.8 Å². The molecule has 0 aliphatic heterocycles. The summed E-state index contributed by atoms with van der Waals surface area (Å²) in [7, 11) is 0. The van der Waals surface area contributed by atoms with Gasteiger partial charge in [-0.2, -0.15) is 0 Å². The summed E-state index contributed by atoms with van der Waals surface area (Å²) < 4.78 is 54.6. The first-order chi connectivity index (χ1) is 22.7. The maximum Gasteiger partial charge on any atom is 0.318 e. The fraction of sp³-hybridized carbons (Fsp3) is 0.243. The summed E-state index contributed by atoms with van der Waals surface area (Å²) >= 11 is 0. The SMILES string of the molecule is C.O=C(O)[C@@H]1CC[C@](C(=O)O)(c2cccc(F)c2)c2ccc(F)cc21.O=C(O)[C@H]1CC[C@](C(=O)O)(c2cccc(F)c2)c2ccc(F)cc21. The molecule has 0 aromatic heterocycles. The number of halogens is 4. The third kappa shape index (κ3) is 6.38. The van der Waals surface area contributed by atoms with Crippen molar-refractivity contribution in [1.29, 1.82) is 0 Å². The average Bonchev–Trinajstić information content (AvgIpc) is 3.03. The van der Waals surface area contributed by atoms with E-state index in [1.54, 1.807) is 0 Å². The summed E-state index contributed by atoms with van der Waals surface area (Å²) in [6.45, 7) is 0. The quantitative estimate of drug-likeness (QED) is 0.156. The van der Waals surface area contributed by atoms with Crippen molar-refractivity contribution < 1.29 is 57.2 Å². The van der Waals surface area contributed by atoms with E-state index in [1.807, 2.05) is 0 Å². The fourth-order valence-electron chi connectivity index (χ4n) is 7.03. The molecule has 6 rings (SSSR count). The lowest BCUT2D eigenvalue weighted by atomic mass is 9.63. The Labute approximate surface area is 278 Å². The van der Waals surface area contributed by atoms with Crippen LogP contribution in [0.5, 0.6) is 0 Å². The summed E-state index contributed by atoms with van der Waals surface area (Å²) in [5.74, 6) is -9.14. The third-order valence-electron chi connectivity index (χ3n) is 9.27. The Morgan fingerprint density at radius 1 is 0.531 bits per heavy atom. The van der Waals surface area contributed by atoms with Crippen LogP contribution in [0.2, 0.25) is 0 Å². The molecular formula is C37H32F4O8. The predicted molar refractivity (Wildman–Crippen MR) is 168 cm³/mol. The second-order valence-corrected chi connectivity index (χ2v) is 11.8. The number of aliphatic carboxylic acids is 4. The molecule has 4 aromatic carbocycles. The lowest BCUT2D eigenvalue weighted by Gasteiger charge is -2.38. The van der Waals surface area contributed by atoms with Crippen molar-refractivity contribution in [3.63, 3.8) is 0 Å². The number of rotatable bonds is 6. The standard InChI is InChI=1S/2C18H14F2O4.CH4/c2*19-11-3-1-2-10(8-11)18(17(23)24)7-6-13(16(21)22)14-9-12(20)4-5-15(14)18;/h2*1-5,8-9,13H,6-7H2,(H,21,22)(H,23,24);1H4/t13-,18+;13-,18-;/m10./s1. The molecule has 4 N–H and O–H groups in total. The first-order valence-electron chi connectivity index (χ1n) is 14.8. The van der Waals surface area contributed by atoms with Crippen LogP contribution < -0.4 is 0 Å². The summed E-state index contributed by atoms with van der Waals surface area (Å²) in [6.07, 6.45) is 0.0198. The van der Waals surface area contributed by atoms with E-state index in [9.17, 15) is 57.2 Å². The normalized spacial score (nSPS) is 22.2. The van der Waals surface area contributed by atoms with Crippen molar-refractivity contribution in [2.45, 2.75) is 55.8 Å². The number of fused-ring (bicyclic) bond motifs is 2. The van der Waals surface area contributed by atoms with Gasteiger partial charge in [-0.1, -0.05) is 43.8 Å². The second-order valence-electron chi connectivity index (χ2n) is 11.8. The topological polar surface area (TPSA) is 149 Å². The Hall–Kier alpha value is -5.52. The van der Waals surface area contributed by atoms with Crippen LogP contribution in [0.15, 0.2) is 84.9 Å². The number of carbonyl (C=O) groups is 4. The molecule has 0 saturated carbocycles. The average molecular weight is 681 g/mol. The van der Waals surface area contributed by atoms with Crippen LogP contribution in [0.1, 0.15) is 78.3 Å². The van der Waals surface area contributed by atoms with Crippen LogP contribution >= 0.6 is 0 Å². The van der Waals surface area contributed by atoms with Gasteiger partial charge in [0.1, 0.15) is 34.1 Å². The van der Waals surface area contributed by atoms with Crippen LogP contribution in [0.4, 0.5) is 17.6 Å². The summed E-state index contributed by atoms with van der Waals surface area (Å²) in [6, 6.07) is 17.3. The molecule has 0 saturated heterocycles. The summed E-state index contributed by atoms with van der Waals surface area (Å²) in [4.78, 5) is 47.2. The number of hydrogen-bond acceptors (Lipinski definition) is 4. The highest BCUT2D eigenvalue weighted by Crippen LogP contribution is 2.49. The smallest absolute Gasteiger partial charge is 0.318 e. The minimum Gasteiger partial charge on any atom is -0.481 e. The molecule has 0 amide bonds. The molecule has 256 valence electrons. The number of carboxylic acid groups (broad SMARTS) is 4. The van der Waals surface area contributed by atoms with Gasteiger partial charge < -0.3 is 20.4 Å². The fourth-order valence-corrected chi connectivity index (χ4v) is 7.03. The Bertz CT molecular complexity index is 1810. The Morgan fingerprint density at radius 3 is 1.18 bits per heavy atom. The highest BCUT2D eigenvalue weighted by Gasteiger charge is 2.50. The molecule has 4 atom stereocenters. The third-order valence-corrected chi connectivity index (χ3v) is 9.27. The molecule has 2 aliphatic carbocycles. The Balaban J connectivity index is 0.000000216.